The van der Waals surface area contributed by atoms with Crippen LogP contribution in [-0.2, 0) is 0 Å². The third kappa shape index (κ3) is 1.26. The molecule has 16 heavy (non-hydrogen) atoms. The van der Waals surface area contributed by atoms with Crippen molar-refractivity contribution in [2.75, 3.05) is 5.73 Å². The van der Waals surface area contributed by atoms with Gasteiger partial charge in [0.05, 0.1) is 16.7 Å². The number of fused-ring (bicyclic) bond motifs is 1. The van der Waals surface area contributed by atoms with Crippen LogP contribution in [0.25, 0.3) is 16.7 Å². The van der Waals surface area contributed by atoms with Crippen LogP contribution in [-0.4, -0.2) is 9.55 Å². The fourth-order valence-corrected chi connectivity index (χ4v) is 1.88. The lowest BCUT2D eigenvalue weighted by molar-refractivity contribution is 1.09. The summed E-state index contributed by atoms with van der Waals surface area (Å²) in [6.45, 7) is 0. The summed E-state index contributed by atoms with van der Waals surface area (Å²) in [6.07, 6.45) is 1.80. The summed E-state index contributed by atoms with van der Waals surface area (Å²) in [4.78, 5) is 4.34. The first-order valence-electron chi connectivity index (χ1n) is 5.13. The molecule has 0 aliphatic heterocycles. The van der Waals surface area contributed by atoms with E-state index in [0.29, 0.717) is 0 Å². The van der Waals surface area contributed by atoms with Gasteiger partial charge in [0.25, 0.3) is 0 Å². The van der Waals surface area contributed by atoms with E-state index in [1.165, 1.54) is 0 Å². The molecule has 1 aromatic heterocycles. The van der Waals surface area contributed by atoms with Crippen LogP contribution >= 0.6 is 0 Å². The van der Waals surface area contributed by atoms with E-state index in [9.17, 15) is 0 Å². The molecule has 0 aliphatic rings. The lowest BCUT2D eigenvalue weighted by Gasteiger charge is -2.05. The first kappa shape index (κ1) is 8.97. The van der Waals surface area contributed by atoms with Crippen LogP contribution in [0.1, 0.15) is 0 Å². The highest BCUT2D eigenvalue weighted by Gasteiger charge is 2.06. The maximum Gasteiger partial charge on any atom is 0.100 e. The normalized spacial score (nSPS) is 10.8. The Morgan fingerprint density at radius 2 is 1.75 bits per heavy atom. The van der Waals surface area contributed by atoms with Gasteiger partial charge in [0.15, 0.2) is 0 Å². The van der Waals surface area contributed by atoms with Crippen LogP contribution < -0.4 is 5.73 Å². The van der Waals surface area contributed by atoms with Gasteiger partial charge in [-0.1, -0.05) is 24.3 Å². The van der Waals surface area contributed by atoms with Crippen LogP contribution in [0.2, 0.25) is 0 Å². The molecule has 0 atom stereocenters. The van der Waals surface area contributed by atoms with Crippen molar-refractivity contribution in [2.45, 2.75) is 0 Å². The Morgan fingerprint density at radius 1 is 0.938 bits per heavy atom. The predicted molar refractivity (Wildman–Crippen MR) is 65.5 cm³/mol. The SMILES string of the molecule is Nc1cccc2ncn(-c3ccccc3)c12. The van der Waals surface area contributed by atoms with Crippen molar-refractivity contribution in [1.82, 2.24) is 9.55 Å². The van der Waals surface area contributed by atoms with E-state index < -0.39 is 0 Å². The monoisotopic (exact) mass is 209 g/mol. The van der Waals surface area contributed by atoms with Crippen LogP contribution in [0.3, 0.4) is 0 Å². The third-order valence-corrected chi connectivity index (χ3v) is 2.63. The third-order valence-electron chi connectivity index (χ3n) is 2.63. The molecule has 1 heterocycles. The lowest BCUT2D eigenvalue weighted by atomic mass is 10.2. The van der Waals surface area contributed by atoms with E-state index in [-0.39, 0.29) is 0 Å². The minimum absolute atomic E-state index is 0.749. The number of para-hydroxylation sites is 2. The topological polar surface area (TPSA) is 43.8 Å². The molecule has 3 heteroatoms. The van der Waals surface area contributed by atoms with Crippen LogP contribution in [0.15, 0.2) is 54.9 Å². The molecule has 2 N–H and O–H groups in total. The number of rotatable bonds is 1. The zero-order valence-corrected chi connectivity index (χ0v) is 8.67. The Balaban J connectivity index is 2.33. The van der Waals surface area contributed by atoms with Crippen molar-refractivity contribution in [3.05, 3.63) is 54.9 Å². The van der Waals surface area contributed by atoms with E-state index in [0.717, 1.165) is 22.4 Å². The predicted octanol–water partition coefficient (Wildman–Crippen LogP) is 2.61. The summed E-state index contributed by atoms with van der Waals surface area (Å²) in [5.41, 5.74) is 9.69. The maximum atomic E-state index is 5.98. The number of benzene rings is 2. The Hall–Kier alpha value is -2.29. The van der Waals surface area contributed by atoms with Crippen LogP contribution in [0.5, 0.6) is 0 Å². The number of hydrogen-bond donors (Lipinski definition) is 1. The molecule has 3 nitrogen and oxygen atoms in total. The standard InChI is InChI=1S/C13H11N3/c14-11-7-4-8-12-13(11)16(9-15-12)10-5-2-1-3-6-10/h1-9H,14H2. The van der Waals surface area contributed by atoms with Gasteiger partial charge in [0, 0.05) is 5.69 Å². The number of aromatic nitrogens is 2. The molecule has 3 rings (SSSR count). The average molecular weight is 209 g/mol. The molecule has 78 valence electrons. The van der Waals surface area contributed by atoms with Crippen molar-refractivity contribution in [1.29, 1.82) is 0 Å². The van der Waals surface area contributed by atoms with Crippen molar-refractivity contribution in [3.8, 4) is 5.69 Å². The molecular formula is C13H11N3. The Labute approximate surface area is 93.1 Å². The van der Waals surface area contributed by atoms with E-state index in [4.69, 9.17) is 5.73 Å². The van der Waals surface area contributed by atoms with Gasteiger partial charge in [-0.25, -0.2) is 4.98 Å². The van der Waals surface area contributed by atoms with Gasteiger partial charge in [0.1, 0.15) is 6.33 Å². The number of nitrogens with zero attached hydrogens (tertiary/aromatic N) is 2. The van der Waals surface area contributed by atoms with Crippen LogP contribution in [0.4, 0.5) is 5.69 Å². The molecule has 0 fully saturated rings. The van der Waals surface area contributed by atoms with Gasteiger partial charge in [0.2, 0.25) is 0 Å². The van der Waals surface area contributed by atoms with Gasteiger partial charge in [-0.15, -0.1) is 0 Å². The highest BCUT2D eigenvalue weighted by Crippen LogP contribution is 2.22. The van der Waals surface area contributed by atoms with Crippen molar-refractivity contribution < 1.29 is 0 Å². The van der Waals surface area contributed by atoms with Crippen molar-refractivity contribution in [2.24, 2.45) is 0 Å². The summed E-state index contributed by atoms with van der Waals surface area (Å²) in [5.74, 6) is 0. The Bertz CT molecular complexity index is 626. The van der Waals surface area contributed by atoms with Gasteiger partial charge in [-0.05, 0) is 24.3 Å². The highest BCUT2D eigenvalue weighted by molar-refractivity contribution is 5.88. The average Bonchev–Trinajstić information content (AvgIpc) is 2.75. The van der Waals surface area contributed by atoms with Gasteiger partial charge < -0.3 is 5.73 Å². The lowest BCUT2D eigenvalue weighted by Crippen LogP contribution is -1.95. The molecule has 0 amide bonds. The molecule has 0 unspecified atom stereocenters. The molecule has 3 aromatic rings. The summed E-state index contributed by atoms with van der Waals surface area (Å²) < 4.78 is 2.00. The molecule has 0 saturated carbocycles. The summed E-state index contributed by atoms with van der Waals surface area (Å²) in [7, 11) is 0. The maximum absolute atomic E-state index is 5.98. The number of imidazole rings is 1. The molecule has 2 aromatic carbocycles. The summed E-state index contributed by atoms with van der Waals surface area (Å²) in [5, 5.41) is 0. The molecule has 0 saturated heterocycles. The Morgan fingerprint density at radius 3 is 2.56 bits per heavy atom. The second-order valence-electron chi connectivity index (χ2n) is 3.67. The number of nitrogens with two attached hydrogens (primary N) is 1. The fourth-order valence-electron chi connectivity index (χ4n) is 1.88. The molecule has 0 bridgehead atoms. The smallest absolute Gasteiger partial charge is 0.100 e. The number of anilines is 1. The zero-order valence-electron chi connectivity index (χ0n) is 8.67. The minimum Gasteiger partial charge on any atom is -0.397 e. The second-order valence-corrected chi connectivity index (χ2v) is 3.67. The van der Waals surface area contributed by atoms with Gasteiger partial charge in [-0.3, -0.25) is 4.57 Å². The van der Waals surface area contributed by atoms with Crippen LogP contribution in [0, 0.1) is 0 Å². The quantitative estimate of drug-likeness (QED) is 0.626. The largest absolute Gasteiger partial charge is 0.397 e. The van der Waals surface area contributed by atoms with Gasteiger partial charge in [-0.2, -0.15) is 0 Å². The molecular weight excluding hydrogens is 198 g/mol. The Kier molecular flexibility index (Phi) is 1.90. The van der Waals surface area contributed by atoms with Crippen molar-refractivity contribution in [3.63, 3.8) is 0 Å². The first-order chi connectivity index (χ1) is 7.86. The zero-order chi connectivity index (χ0) is 11.0. The first-order valence-corrected chi connectivity index (χ1v) is 5.13. The molecule has 0 aliphatic carbocycles. The molecule has 0 radical (unpaired) electrons. The highest BCUT2D eigenvalue weighted by atomic mass is 15.1. The fraction of sp³-hybridized carbons (Fsp3) is 0. The van der Waals surface area contributed by atoms with E-state index in [1.807, 2.05) is 53.1 Å². The van der Waals surface area contributed by atoms with Crippen molar-refractivity contribution >= 4 is 16.7 Å². The second kappa shape index (κ2) is 3.38. The van der Waals surface area contributed by atoms with Gasteiger partial charge >= 0.3 is 0 Å². The van der Waals surface area contributed by atoms with E-state index in [2.05, 4.69) is 4.98 Å². The summed E-state index contributed by atoms with van der Waals surface area (Å²) >= 11 is 0. The van der Waals surface area contributed by atoms with E-state index in [1.54, 1.807) is 6.33 Å². The number of hydrogen-bond acceptors (Lipinski definition) is 2. The summed E-state index contributed by atoms with van der Waals surface area (Å²) in [6, 6.07) is 15.8. The number of nitrogen functional groups attached to an aromatic ring is 1. The minimum atomic E-state index is 0.749. The molecule has 0 spiro atoms. The van der Waals surface area contributed by atoms with E-state index >= 15 is 0 Å².